The molecule has 0 aliphatic carbocycles. The van der Waals surface area contributed by atoms with Crippen LogP contribution >= 0.6 is 0 Å². The number of Topliss-reactive ketones (excluding diaryl/α,β-unsaturated/α-hetero) is 1. The highest BCUT2D eigenvalue weighted by Crippen LogP contribution is 2.26. The van der Waals surface area contributed by atoms with E-state index >= 15 is 0 Å². The summed E-state index contributed by atoms with van der Waals surface area (Å²) in [4.78, 5) is 25.9. The van der Waals surface area contributed by atoms with E-state index in [1.807, 2.05) is 0 Å². The number of ether oxygens (including phenoxy) is 1. The van der Waals surface area contributed by atoms with Gasteiger partial charge in [0.2, 0.25) is 0 Å². The predicted molar refractivity (Wildman–Crippen MR) is 184 cm³/mol. The fourth-order valence-electron chi connectivity index (χ4n) is 6.29. The maximum absolute atomic E-state index is 13.1. The van der Waals surface area contributed by atoms with Crippen molar-refractivity contribution in [3.63, 3.8) is 0 Å². The van der Waals surface area contributed by atoms with Crippen molar-refractivity contribution < 1.29 is 14.3 Å². The van der Waals surface area contributed by atoms with Crippen molar-refractivity contribution in [2.24, 2.45) is 5.92 Å². The summed E-state index contributed by atoms with van der Waals surface area (Å²) in [5.74, 6) is 0.549. The first-order chi connectivity index (χ1) is 20.6. The number of unbranched alkanes of at least 4 members (excludes halogenated alkanes) is 22. The van der Waals surface area contributed by atoms with Gasteiger partial charge < -0.3 is 4.74 Å². The van der Waals surface area contributed by atoms with Crippen LogP contribution in [0.25, 0.3) is 0 Å². The highest BCUT2D eigenvalue weighted by atomic mass is 16.5. The van der Waals surface area contributed by atoms with Gasteiger partial charge in [-0.15, -0.1) is 0 Å². The molecule has 42 heavy (non-hydrogen) atoms. The summed E-state index contributed by atoms with van der Waals surface area (Å²) in [6, 6.07) is 0. The molecule has 0 spiro atoms. The van der Waals surface area contributed by atoms with Crippen molar-refractivity contribution in [2.75, 3.05) is 0 Å². The van der Waals surface area contributed by atoms with Crippen molar-refractivity contribution in [3.05, 3.63) is 0 Å². The second-order valence-corrected chi connectivity index (χ2v) is 13.4. The molecule has 0 radical (unpaired) electrons. The number of rotatable bonds is 34. The third kappa shape index (κ3) is 27.9. The highest BCUT2D eigenvalue weighted by molar-refractivity contribution is 5.78. The molecule has 0 fully saturated rings. The molecule has 0 bridgehead atoms. The molecule has 0 aromatic carbocycles. The molecule has 250 valence electrons. The lowest BCUT2D eigenvalue weighted by Crippen LogP contribution is -2.29. The first-order valence-electron chi connectivity index (χ1n) is 19.3. The smallest absolute Gasteiger partial charge is 0.306 e. The van der Waals surface area contributed by atoms with E-state index < -0.39 is 0 Å². The average molecular weight is 593 g/mol. The average Bonchev–Trinajstić information content (AvgIpc) is 2.98. The molecule has 2 unspecified atom stereocenters. The highest BCUT2D eigenvalue weighted by Gasteiger charge is 2.26. The van der Waals surface area contributed by atoms with Crippen LogP contribution in [0.1, 0.15) is 227 Å². The van der Waals surface area contributed by atoms with Crippen molar-refractivity contribution in [1.82, 2.24) is 0 Å². The van der Waals surface area contributed by atoms with E-state index in [4.69, 9.17) is 4.74 Å². The van der Waals surface area contributed by atoms with Crippen molar-refractivity contribution in [3.8, 4) is 0 Å². The van der Waals surface area contributed by atoms with Crippen LogP contribution in [-0.4, -0.2) is 17.9 Å². The van der Waals surface area contributed by atoms with E-state index in [1.165, 1.54) is 135 Å². The van der Waals surface area contributed by atoms with Gasteiger partial charge in [-0.3, -0.25) is 9.59 Å². The van der Waals surface area contributed by atoms with E-state index in [1.54, 1.807) is 0 Å². The van der Waals surface area contributed by atoms with Gasteiger partial charge in [-0.25, -0.2) is 0 Å². The third-order valence-corrected chi connectivity index (χ3v) is 9.09. The standard InChI is InChI=1S/C39H76O3/c1-5-9-12-15-18-20-23-26-29-33-37(40)35-36(32-28-25-22-17-14-11-7-3)38(31-8-4)42-39(41)34-30-27-24-21-19-16-13-10-6-2/h36,38H,5-35H2,1-4H3. The minimum absolute atomic E-state index is 0.0349. The molecule has 0 saturated heterocycles. The Morgan fingerprint density at radius 2 is 0.810 bits per heavy atom. The molecule has 0 aromatic rings. The zero-order valence-corrected chi connectivity index (χ0v) is 29.3. The normalized spacial score (nSPS) is 12.9. The van der Waals surface area contributed by atoms with E-state index in [2.05, 4.69) is 27.7 Å². The van der Waals surface area contributed by atoms with Crippen LogP contribution in [0.2, 0.25) is 0 Å². The summed E-state index contributed by atoms with van der Waals surface area (Å²) in [5.41, 5.74) is 0. The summed E-state index contributed by atoms with van der Waals surface area (Å²) >= 11 is 0. The zero-order valence-electron chi connectivity index (χ0n) is 29.3. The molecule has 0 aliphatic heterocycles. The third-order valence-electron chi connectivity index (χ3n) is 9.09. The van der Waals surface area contributed by atoms with Crippen LogP contribution in [0.15, 0.2) is 0 Å². The minimum Gasteiger partial charge on any atom is -0.462 e. The lowest BCUT2D eigenvalue weighted by molar-refractivity contribution is -0.153. The Labute approximate surface area is 264 Å². The number of carbonyl (C=O) groups excluding carboxylic acids is 2. The summed E-state index contributed by atoms with van der Waals surface area (Å²) in [6.45, 7) is 8.97. The molecular weight excluding hydrogens is 516 g/mol. The monoisotopic (exact) mass is 593 g/mol. The van der Waals surface area contributed by atoms with Gasteiger partial charge in [0.15, 0.2) is 0 Å². The Kier molecular flexibility index (Phi) is 32.4. The number of hydrogen-bond donors (Lipinski definition) is 0. The lowest BCUT2D eigenvalue weighted by atomic mass is 9.87. The van der Waals surface area contributed by atoms with Crippen LogP contribution in [0.3, 0.4) is 0 Å². The van der Waals surface area contributed by atoms with Gasteiger partial charge in [-0.05, 0) is 25.7 Å². The molecule has 0 aliphatic rings. The van der Waals surface area contributed by atoms with Crippen LogP contribution in [0, 0.1) is 5.92 Å². The van der Waals surface area contributed by atoms with Crippen LogP contribution < -0.4 is 0 Å². The second-order valence-electron chi connectivity index (χ2n) is 13.4. The molecule has 0 amide bonds. The zero-order chi connectivity index (χ0) is 30.9. The van der Waals surface area contributed by atoms with Crippen LogP contribution in [0.4, 0.5) is 0 Å². The quantitative estimate of drug-likeness (QED) is 0.0551. The summed E-state index contributed by atoms with van der Waals surface area (Å²) in [6.07, 6.45) is 36.4. The molecule has 3 nitrogen and oxygen atoms in total. The van der Waals surface area contributed by atoms with Crippen LogP contribution in [-0.2, 0) is 14.3 Å². The van der Waals surface area contributed by atoms with E-state index in [-0.39, 0.29) is 18.0 Å². The van der Waals surface area contributed by atoms with Crippen molar-refractivity contribution in [1.29, 1.82) is 0 Å². The Bertz CT molecular complexity index is 572. The van der Waals surface area contributed by atoms with E-state index in [0.29, 0.717) is 25.0 Å². The number of ketones is 1. The summed E-state index contributed by atoms with van der Waals surface area (Å²) < 4.78 is 6.14. The molecule has 0 N–H and O–H groups in total. The fourth-order valence-corrected chi connectivity index (χ4v) is 6.29. The van der Waals surface area contributed by atoms with Gasteiger partial charge in [0, 0.05) is 25.2 Å². The van der Waals surface area contributed by atoms with Gasteiger partial charge in [0.05, 0.1) is 0 Å². The lowest BCUT2D eigenvalue weighted by Gasteiger charge is -2.27. The molecule has 0 heterocycles. The van der Waals surface area contributed by atoms with Crippen molar-refractivity contribution in [2.45, 2.75) is 233 Å². The molecule has 0 rings (SSSR count). The van der Waals surface area contributed by atoms with E-state index in [9.17, 15) is 9.59 Å². The Balaban J connectivity index is 4.61. The predicted octanol–water partition coefficient (Wildman–Crippen LogP) is 13.3. The summed E-state index contributed by atoms with van der Waals surface area (Å²) in [7, 11) is 0. The molecule has 0 saturated carbocycles. The Hall–Kier alpha value is -0.860. The maximum Gasteiger partial charge on any atom is 0.306 e. The minimum atomic E-state index is -0.0896. The van der Waals surface area contributed by atoms with Gasteiger partial charge in [0.25, 0.3) is 0 Å². The summed E-state index contributed by atoms with van der Waals surface area (Å²) in [5, 5.41) is 0. The van der Waals surface area contributed by atoms with Gasteiger partial charge in [0.1, 0.15) is 11.9 Å². The molecular formula is C39H76O3. The topological polar surface area (TPSA) is 43.4 Å². The first kappa shape index (κ1) is 41.1. The SMILES string of the molecule is CCCCCCCCCCCC(=O)CC(CCCCCCCCC)C(CCC)OC(=O)CCCCCCCCCCC. The number of hydrogen-bond acceptors (Lipinski definition) is 3. The molecule has 0 aromatic heterocycles. The maximum atomic E-state index is 13.1. The number of carbonyl (C=O) groups is 2. The number of esters is 1. The van der Waals surface area contributed by atoms with E-state index in [0.717, 1.165) is 44.9 Å². The van der Waals surface area contributed by atoms with Gasteiger partial charge in [-0.2, -0.15) is 0 Å². The Morgan fingerprint density at radius 3 is 1.24 bits per heavy atom. The Morgan fingerprint density at radius 1 is 0.429 bits per heavy atom. The van der Waals surface area contributed by atoms with Crippen molar-refractivity contribution >= 4 is 11.8 Å². The van der Waals surface area contributed by atoms with Gasteiger partial charge >= 0.3 is 5.97 Å². The van der Waals surface area contributed by atoms with Crippen LogP contribution in [0.5, 0.6) is 0 Å². The molecule has 3 heteroatoms. The second kappa shape index (κ2) is 33.0. The fraction of sp³-hybridized carbons (Fsp3) is 0.949. The molecule has 2 atom stereocenters. The van der Waals surface area contributed by atoms with Gasteiger partial charge in [-0.1, -0.05) is 182 Å². The largest absolute Gasteiger partial charge is 0.462 e. The first-order valence-corrected chi connectivity index (χ1v) is 19.3.